The zero-order valence-electron chi connectivity index (χ0n) is 19.3. The summed E-state index contributed by atoms with van der Waals surface area (Å²) in [7, 11) is 3.91. The van der Waals surface area contributed by atoms with Crippen molar-refractivity contribution >= 4 is 23.3 Å². The van der Waals surface area contributed by atoms with Crippen LogP contribution in [0.2, 0.25) is 0 Å². The molecule has 1 aliphatic heterocycles. The van der Waals surface area contributed by atoms with E-state index in [0.29, 0.717) is 23.4 Å². The van der Waals surface area contributed by atoms with Gasteiger partial charge >= 0.3 is 5.97 Å². The molecule has 1 N–H and O–H groups in total. The maximum absolute atomic E-state index is 14.4. The van der Waals surface area contributed by atoms with Crippen molar-refractivity contribution in [1.29, 1.82) is 0 Å². The van der Waals surface area contributed by atoms with Gasteiger partial charge in [-0.1, -0.05) is 24.3 Å². The van der Waals surface area contributed by atoms with Gasteiger partial charge in [-0.3, -0.25) is 9.59 Å². The highest BCUT2D eigenvalue weighted by Gasteiger charge is 2.28. The first-order valence-electron chi connectivity index (χ1n) is 11.2. The van der Waals surface area contributed by atoms with E-state index in [9.17, 15) is 14.0 Å². The standard InChI is InChI=1S/C27H27FN2O4/c1-29(2)22-10-6-20(7-11-22)27(33)30-15-14-19-4-3-5-21(26(19)30)17-34-23-12-8-18(24(28)16-23)9-13-25(31)32/h3-8,10-12,16H,9,13-15,17H2,1-2H3,(H,31,32). The van der Waals surface area contributed by atoms with Crippen molar-refractivity contribution in [3.63, 3.8) is 0 Å². The highest BCUT2D eigenvalue weighted by molar-refractivity contribution is 6.07. The number of rotatable bonds is 8. The summed E-state index contributed by atoms with van der Waals surface area (Å²) in [6.07, 6.45) is 0.757. The molecule has 0 aliphatic carbocycles. The molecule has 3 aromatic rings. The number of hydrogen-bond donors (Lipinski definition) is 1. The number of aryl methyl sites for hydroxylation is 1. The average molecular weight is 463 g/mol. The maximum Gasteiger partial charge on any atom is 0.303 e. The normalized spacial score (nSPS) is 12.4. The summed E-state index contributed by atoms with van der Waals surface area (Å²) in [5.74, 6) is -1.17. The van der Waals surface area contributed by atoms with E-state index in [4.69, 9.17) is 9.84 Å². The third-order valence-electron chi connectivity index (χ3n) is 5.98. The van der Waals surface area contributed by atoms with Gasteiger partial charge in [-0.25, -0.2) is 4.39 Å². The van der Waals surface area contributed by atoms with Gasteiger partial charge in [0.1, 0.15) is 18.2 Å². The van der Waals surface area contributed by atoms with Crippen molar-refractivity contribution in [2.24, 2.45) is 0 Å². The van der Waals surface area contributed by atoms with Gasteiger partial charge in [0.2, 0.25) is 0 Å². The van der Waals surface area contributed by atoms with Gasteiger partial charge in [-0.15, -0.1) is 0 Å². The number of anilines is 2. The second kappa shape index (κ2) is 9.95. The Morgan fingerprint density at radius 1 is 1.06 bits per heavy atom. The largest absolute Gasteiger partial charge is 0.489 e. The van der Waals surface area contributed by atoms with Crippen molar-refractivity contribution in [3.05, 3.63) is 88.7 Å². The Morgan fingerprint density at radius 3 is 2.50 bits per heavy atom. The molecule has 0 radical (unpaired) electrons. The van der Waals surface area contributed by atoms with Crippen LogP contribution >= 0.6 is 0 Å². The number of carbonyl (C=O) groups is 2. The predicted octanol–water partition coefficient (Wildman–Crippen LogP) is 4.69. The Bertz CT molecular complexity index is 1210. The number of hydrogen-bond acceptors (Lipinski definition) is 4. The van der Waals surface area contributed by atoms with E-state index in [1.54, 1.807) is 17.0 Å². The van der Waals surface area contributed by atoms with Crippen LogP contribution in [0, 0.1) is 5.82 Å². The molecule has 176 valence electrons. The molecule has 0 saturated heterocycles. The van der Waals surface area contributed by atoms with Crippen molar-refractivity contribution in [1.82, 2.24) is 0 Å². The number of para-hydroxylation sites is 1. The highest BCUT2D eigenvalue weighted by Crippen LogP contribution is 2.34. The Morgan fingerprint density at radius 2 is 1.82 bits per heavy atom. The zero-order chi connectivity index (χ0) is 24.2. The number of carboxylic acids is 1. The first-order chi connectivity index (χ1) is 16.3. The van der Waals surface area contributed by atoms with E-state index in [1.165, 1.54) is 6.07 Å². The molecule has 1 aliphatic rings. The Labute approximate surface area is 198 Å². The summed E-state index contributed by atoms with van der Waals surface area (Å²) in [6.45, 7) is 0.772. The fourth-order valence-electron chi connectivity index (χ4n) is 4.14. The molecular formula is C27H27FN2O4. The van der Waals surface area contributed by atoms with Gasteiger partial charge in [-0.2, -0.15) is 0 Å². The minimum Gasteiger partial charge on any atom is -0.489 e. The summed E-state index contributed by atoms with van der Waals surface area (Å²) < 4.78 is 20.2. The van der Waals surface area contributed by atoms with Crippen molar-refractivity contribution in [2.45, 2.75) is 25.9 Å². The molecule has 0 bridgehead atoms. The smallest absolute Gasteiger partial charge is 0.303 e. The molecule has 7 heteroatoms. The minimum absolute atomic E-state index is 0.0645. The van der Waals surface area contributed by atoms with Crippen molar-refractivity contribution < 1.29 is 23.8 Å². The molecule has 1 heterocycles. The van der Waals surface area contributed by atoms with Crippen LogP contribution in [0.4, 0.5) is 15.8 Å². The zero-order valence-corrected chi connectivity index (χ0v) is 19.3. The van der Waals surface area contributed by atoms with Gasteiger partial charge in [0, 0.05) is 49.9 Å². The van der Waals surface area contributed by atoms with Crippen LogP contribution in [0.5, 0.6) is 5.75 Å². The van der Waals surface area contributed by atoms with Crippen LogP contribution in [0.1, 0.15) is 33.5 Å². The Kier molecular flexibility index (Phi) is 6.82. The topological polar surface area (TPSA) is 70.1 Å². The SMILES string of the molecule is CN(C)c1ccc(C(=O)N2CCc3cccc(COc4ccc(CCC(=O)O)c(F)c4)c32)cc1. The number of halogens is 1. The fourth-order valence-corrected chi connectivity index (χ4v) is 4.14. The molecule has 0 aromatic heterocycles. The Hall–Kier alpha value is -3.87. The molecule has 6 nitrogen and oxygen atoms in total. The quantitative estimate of drug-likeness (QED) is 0.526. The third kappa shape index (κ3) is 5.03. The molecule has 0 atom stereocenters. The van der Waals surface area contributed by atoms with E-state index in [1.807, 2.05) is 61.5 Å². The summed E-state index contributed by atoms with van der Waals surface area (Å²) in [5, 5.41) is 8.80. The molecule has 34 heavy (non-hydrogen) atoms. The number of amides is 1. The van der Waals surface area contributed by atoms with E-state index in [-0.39, 0.29) is 25.4 Å². The second-order valence-electron chi connectivity index (χ2n) is 8.51. The predicted molar refractivity (Wildman–Crippen MR) is 129 cm³/mol. The van der Waals surface area contributed by atoms with Crippen molar-refractivity contribution in [2.75, 3.05) is 30.4 Å². The fraction of sp³-hybridized carbons (Fsp3) is 0.259. The first-order valence-corrected chi connectivity index (χ1v) is 11.2. The van der Waals surface area contributed by atoms with Crippen LogP contribution in [0.3, 0.4) is 0 Å². The summed E-state index contributed by atoms with van der Waals surface area (Å²) >= 11 is 0. The summed E-state index contributed by atoms with van der Waals surface area (Å²) in [4.78, 5) is 27.8. The van der Waals surface area contributed by atoms with Crippen molar-refractivity contribution in [3.8, 4) is 5.75 Å². The number of nitrogens with zero attached hydrogens (tertiary/aromatic N) is 2. The van der Waals surface area contributed by atoms with E-state index in [0.717, 1.165) is 28.9 Å². The van der Waals surface area contributed by atoms with Gasteiger partial charge in [0.15, 0.2) is 0 Å². The van der Waals surface area contributed by atoms with Crippen LogP contribution in [0.15, 0.2) is 60.7 Å². The van der Waals surface area contributed by atoms with Gasteiger partial charge < -0.3 is 19.6 Å². The number of carboxylic acid groups (broad SMARTS) is 1. The lowest BCUT2D eigenvalue weighted by atomic mass is 10.1. The summed E-state index contributed by atoms with van der Waals surface area (Å²) in [6, 6.07) is 17.8. The lowest BCUT2D eigenvalue weighted by molar-refractivity contribution is -0.136. The van der Waals surface area contributed by atoms with Crippen LogP contribution in [-0.2, 0) is 24.2 Å². The van der Waals surface area contributed by atoms with E-state index >= 15 is 0 Å². The molecule has 0 unspecified atom stereocenters. The lowest BCUT2D eigenvalue weighted by Gasteiger charge is -2.21. The van der Waals surface area contributed by atoms with Crippen LogP contribution in [0.25, 0.3) is 0 Å². The monoisotopic (exact) mass is 462 g/mol. The number of fused-ring (bicyclic) bond motifs is 1. The number of aliphatic carboxylic acids is 1. The van der Waals surface area contributed by atoms with Gasteiger partial charge in [0.05, 0.1) is 5.69 Å². The Balaban J connectivity index is 1.50. The third-order valence-corrected chi connectivity index (χ3v) is 5.98. The van der Waals surface area contributed by atoms with E-state index in [2.05, 4.69) is 0 Å². The average Bonchev–Trinajstić information content (AvgIpc) is 3.26. The van der Waals surface area contributed by atoms with E-state index < -0.39 is 11.8 Å². The highest BCUT2D eigenvalue weighted by atomic mass is 19.1. The molecular weight excluding hydrogens is 435 g/mol. The number of benzene rings is 3. The molecule has 0 fully saturated rings. The molecule has 0 saturated carbocycles. The molecule has 4 rings (SSSR count). The maximum atomic E-state index is 14.4. The van der Waals surface area contributed by atoms with Gasteiger partial charge in [-0.05, 0) is 54.3 Å². The molecule has 1 amide bonds. The van der Waals surface area contributed by atoms with Crippen LogP contribution in [-0.4, -0.2) is 37.6 Å². The number of carbonyl (C=O) groups excluding carboxylic acids is 1. The minimum atomic E-state index is -0.967. The molecule has 0 spiro atoms. The number of ether oxygens (including phenoxy) is 1. The summed E-state index contributed by atoms with van der Waals surface area (Å²) in [5.41, 5.74) is 4.76. The molecule has 3 aromatic carbocycles. The second-order valence-corrected chi connectivity index (χ2v) is 8.51. The van der Waals surface area contributed by atoms with Crippen LogP contribution < -0.4 is 14.5 Å². The first kappa shape index (κ1) is 23.3. The lowest BCUT2D eigenvalue weighted by Crippen LogP contribution is -2.29. The van der Waals surface area contributed by atoms with Gasteiger partial charge in [0.25, 0.3) is 5.91 Å².